The SMILES string of the molecule is CCNc1ncnc(NC2CCS(=O)CC2)c1[N+](=O)[O-]. The Hall–Kier alpha value is -1.77. The second-order valence-electron chi connectivity index (χ2n) is 4.47. The van der Waals surface area contributed by atoms with E-state index in [-0.39, 0.29) is 23.4 Å². The van der Waals surface area contributed by atoms with Crippen LogP contribution in [0.4, 0.5) is 17.3 Å². The number of hydrogen-bond donors (Lipinski definition) is 2. The predicted octanol–water partition coefficient (Wildman–Crippen LogP) is 1.14. The number of hydrogen-bond acceptors (Lipinski definition) is 7. The van der Waals surface area contributed by atoms with Gasteiger partial charge in [-0.2, -0.15) is 0 Å². The van der Waals surface area contributed by atoms with E-state index in [2.05, 4.69) is 20.6 Å². The van der Waals surface area contributed by atoms with E-state index in [1.807, 2.05) is 6.92 Å². The van der Waals surface area contributed by atoms with Gasteiger partial charge in [0.1, 0.15) is 6.33 Å². The Kier molecular flexibility index (Phi) is 4.83. The Morgan fingerprint density at radius 1 is 1.40 bits per heavy atom. The first-order valence-corrected chi connectivity index (χ1v) is 7.95. The standard InChI is InChI=1S/C11H17N5O3S/c1-2-12-10-9(16(17)18)11(14-7-13-10)15-8-3-5-20(19)6-4-8/h7-8H,2-6H2,1H3,(H2,12,13,14,15). The fourth-order valence-electron chi connectivity index (χ4n) is 2.09. The molecule has 2 heterocycles. The van der Waals surface area contributed by atoms with Crippen LogP contribution >= 0.6 is 0 Å². The van der Waals surface area contributed by atoms with E-state index in [0.29, 0.717) is 18.1 Å². The van der Waals surface area contributed by atoms with Crippen molar-refractivity contribution in [3.05, 3.63) is 16.4 Å². The third kappa shape index (κ3) is 3.41. The molecule has 0 aliphatic carbocycles. The molecule has 110 valence electrons. The Labute approximate surface area is 119 Å². The fourth-order valence-corrected chi connectivity index (χ4v) is 3.38. The number of nitrogens with zero attached hydrogens (tertiary/aromatic N) is 3. The van der Waals surface area contributed by atoms with E-state index in [4.69, 9.17) is 0 Å². The van der Waals surface area contributed by atoms with Crippen LogP contribution in [0.3, 0.4) is 0 Å². The minimum Gasteiger partial charge on any atom is -0.364 e. The largest absolute Gasteiger partial charge is 0.364 e. The van der Waals surface area contributed by atoms with Crippen molar-refractivity contribution in [2.75, 3.05) is 28.7 Å². The number of anilines is 2. The summed E-state index contributed by atoms with van der Waals surface area (Å²) in [6, 6.07) is 0.0655. The molecule has 0 amide bonds. The van der Waals surface area contributed by atoms with E-state index in [1.54, 1.807) is 0 Å². The third-order valence-electron chi connectivity index (χ3n) is 3.08. The van der Waals surface area contributed by atoms with Crippen LogP contribution in [-0.2, 0) is 10.8 Å². The first kappa shape index (κ1) is 14.6. The maximum atomic E-state index is 11.3. The maximum absolute atomic E-state index is 11.3. The van der Waals surface area contributed by atoms with Gasteiger partial charge in [0.25, 0.3) is 0 Å². The van der Waals surface area contributed by atoms with Crippen LogP contribution in [0.15, 0.2) is 6.33 Å². The number of nitro groups is 1. The lowest BCUT2D eigenvalue weighted by molar-refractivity contribution is -0.383. The molecule has 1 aliphatic heterocycles. The summed E-state index contributed by atoms with van der Waals surface area (Å²) in [4.78, 5) is 18.6. The van der Waals surface area contributed by atoms with Gasteiger partial charge in [-0.25, -0.2) is 9.97 Å². The highest BCUT2D eigenvalue weighted by Crippen LogP contribution is 2.30. The number of aromatic nitrogens is 2. The lowest BCUT2D eigenvalue weighted by Gasteiger charge is -2.22. The van der Waals surface area contributed by atoms with Gasteiger partial charge < -0.3 is 10.6 Å². The normalized spacial score (nSPS) is 22.2. The summed E-state index contributed by atoms with van der Waals surface area (Å²) >= 11 is 0. The molecule has 0 atom stereocenters. The van der Waals surface area contributed by atoms with E-state index in [1.165, 1.54) is 6.33 Å². The molecule has 1 aromatic rings. The van der Waals surface area contributed by atoms with Gasteiger partial charge in [0.15, 0.2) is 0 Å². The smallest absolute Gasteiger partial charge is 0.353 e. The van der Waals surface area contributed by atoms with Crippen molar-refractivity contribution in [1.29, 1.82) is 0 Å². The first-order chi connectivity index (χ1) is 9.61. The summed E-state index contributed by atoms with van der Waals surface area (Å²) < 4.78 is 11.3. The fraction of sp³-hybridized carbons (Fsp3) is 0.636. The van der Waals surface area contributed by atoms with Crippen molar-refractivity contribution in [3.63, 3.8) is 0 Å². The summed E-state index contributed by atoms with van der Waals surface area (Å²) in [7, 11) is -0.759. The van der Waals surface area contributed by atoms with Crippen LogP contribution in [0.25, 0.3) is 0 Å². The molecule has 8 nitrogen and oxygen atoms in total. The van der Waals surface area contributed by atoms with Gasteiger partial charge in [-0.1, -0.05) is 0 Å². The topological polar surface area (TPSA) is 110 Å². The quantitative estimate of drug-likeness (QED) is 0.619. The Morgan fingerprint density at radius 2 is 2.05 bits per heavy atom. The summed E-state index contributed by atoms with van der Waals surface area (Å²) in [5.41, 5.74) is -0.138. The second kappa shape index (κ2) is 6.60. The molecule has 0 aromatic carbocycles. The van der Waals surface area contributed by atoms with Crippen LogP contribution < -0.4 is 10.6 Å². The monoisotopic (exact) mass is 299 g/mol. The van der Waals surface area contributed by atoms with Gasteiger partial charge in [-0.3, -0.25) is 14.3 Å². The number of rotatable bonds is 5. The average Bonchev–Trinajstić information content (AvgIpc) is 2.41. The van der Waals surface area contributed by atoms with E-state index in [9.17, 15) is 14.3 Å². The molecule has 1 aliphatic rings. The predicted molar refractivity (Wildman–Crippen MR) is 77.4 cm³/mol. The van der Waals surface area contributed by atoms with Crippen molar-refractivity contribution < 1.29 is 9.13 Å². The van der Waals surface area contributed by atoms with Gasteiger partial charge >= 0.3 is 5.69 Å². The molecule has 0 saturated carbocycles. The molecule has 1 fully saturated rings. The van der Waals surface area contributed by atoms with E-state index < -0.39 is 15.7 Å². The van der Waals surface area contributed by atoms with Crippen molar-refractivity contribution in [2.45, 2.75) is 25.8 Å². The molecule has 0 unspecified atom stereocenters. The van der Waals surface area contributed by atoms with Crippen molar-refractivity contribution >= 4 is 28.1 Å². The summed E-state index contributed by atoms with van der Waals surface area (Å²) in [5.74, 6) is 1.68. The summed E-state index contributed by atoms with van der Waals surface area (Å²) in [6.07, 6.45) is 2.75. The van der Waals surface area contributed by atoms with Gasteiger partial charge in [0.2, 0.25) is 11.6 Å². The van der Waals surface area contributed by atoms with Crippen LogP contribution in [-0.4, -0.2) is 43.2 Å². The Morgan fingerprint density at radius 3 is 2.65 bits per heavy atom. The molecule has 2 rings (SSSR count). The molecule has 0 spiro atoms. The number of nitrogens with one attached hydrogen (secondary N) is 2. The van der Waals surface area contributed by atoms with Crippen LogP contribution in [0.5, 0.6) is 0 Å². The molecular weight excluding hydrogens is 282 g/mol. The zero-order valence-corrected chi connectivity index (χ0v) is 12.0. The lowest BCUT2D eigenvalue weighted by Crippen LogP contribution is -2.30. The first-order valence-electron chi connectivity index (χ1n) is 6.46. The molecule has 0 bridgehead atoms. The van der Waals surface area contributed by atoms with Gasteiger partial charge in [-0.15, -0.1) is 0 Å². The summed E-state index contributed by atoms with van der Waals surface area (Å²) in [6.45, 7) is 2.38. The van der Waals surface area contributed by atoms with Crippen molar-refractivity contribution in [2.24, 2.45) is 0 Å². The minimum absolute atomic E-state index is 0.0655. The molecule has 1 aromatic heterocycles. The molecule has 20 heavy (non-hydrogen) atoms. The van der Waals surface area contributed by atoms with Crippen molar-refractivity contribution in [3.8, 4) is 0 Å². The molecule has 9 heteroatoms. The lowest BCUT2D eigenvalue weighted by atomic mass is 10.1. The zero-order chi connectivity index (χ0) is 14.5. The zero-order valence-electron chi connectivity index (χ0n) is 11.2. The van der Waals surface area contributed by atoms with Gasteiger partial charge in [-0.05, 0) is 19.8 Å². The molecule has 2 N–H and O–H groups in total. The Bertz CT molecular complexity index is 515. The molecular formula is C11H17N5O3S. The Balaban J connectivity index is 2.20. The highest BCUT2D eigenvalue weighted by molar-refractivity contribution is 7.85. The van der Waals surface area contributed by atoms with Crippen LogP contribution in [0.2, 0.25) is 0 Å². The summed E-state index contributed by atoms with van der Waals surface area (Å²) in [5, 5.41) is 17.2. The van der Waals surface area contributed by atoms with Crippen LogP contribution in [0.1, 0.15) is 19.8 Å². The minimum atomic E-state index is -0.759. The maximum Gasteiger partial charge on any atom is 0.353 e. The van der Waals surface area contributed by atoms with Gasteiger partial charge in [0, 0.05) is 34.9 Å². The van der Waals surface area contributed by atoms with Crippen LogP contribution in [0, 0.1) is 10.1 Å². The van der Waals surface area contributed by atoms with Gasteiger partial charge in [0.05, 0.1) is 4.92 Å². The molecule has 0 radical (unpaired) electrons. The van der Waals surface area contributed by atoms with E-state index >= 15 is 0 Å². The highest BCUT2D eigenvalue weighted by Gasteiger charge is 2.26. The third-order valence-corrected chi connectivity index (χ3v) is 4.46. The van der Waals surface area contributed by atoms with E-state index in [0.717, 1.165) is 12.8 Å². The second-order valence-corrected chi connectivity index (χ2v) is 6.17. The van der Waals surface area contributed by atoms with Crippen molar-refractivity contribution in [1.82, 2.24) is 9.97 Å². The highest BCUT2D eigenvalue weighted by atomic mass is 32.2. The molecule has 1 saturated heterocycles. The average molecular weight is 299 g/mol.